The van der Waals surface area contributed by atoms with Crippen LogP contribution in [-0.2, 0) is 0 Å². The highest BCUT2D eigenvalue weighted by molar-refractivity contribution is 5.21. The van der Waals surface area contributed by atoms with Gasteiger partial charge in [-0.05, 0) is 26.8 Å². The van der Waals surface area contributed by atoms with Gasteiger partial charge in [0, 0.05) is 36.7 Å². The molecule has 0 radical (unpaired) electrons. The molecule has 1 N–H and O–H groups in total. The molecule has 1 rings (SSSR count). The van der Waals surface area contributed by atoms with E-state index in [0.29, 0.717) is 13.0 Å². The topological polar surface area (TPSA) is 47.3 Å². The first-order chi connectivity index (χ1) is 9.25. The number of hydrogen-bond donors (Lipinski definition) is 1. The third-order valence-electron chi connectivity index (χ3n) is 3.16. The van der Waals surface area contributed by atoms with Crippen LogP contribution in [0.2, 0.25) is 0 Å². The Kier molecular flexibility index (Phi) is 5.61. The van der Waals surface area contributed by atoms with Crippen LogP contribution in [0, 0.1) is 23.0 Å². The summed E-state index contributed by atoms with van der Waals surface area (Å²) in [6, 6.07) is 5.19. The zero-order chi connectivity index (χ0) is 15.3. The standard InChI is InChI=1S/C15H20F2N2O/c1-15(2,3)19(8-4-7-18)10-14(20)12-6-5-11(16)9-13(12)17/h5-6,9,14,20H,4,8,10H2,1-3H3/t14-/m1/s1. The monoisotopic (exact) mass is 282 g/mol. The van der Waals surface area contributed by atoms with Crippen molar-refractivity contribution in [3.63, 3.8) is 0 Å². The molecule has 0 spiro atoms. The number of hydrogen-bond acceptors (Lipinski definition) is 3. The summed E-state index contributed by atoms with van der Waals surface area (Å²) in [5.41, 5.74) is -0.188. The number of nitrogens with zero attached hydrogens (tertiary/aromatic N) is 2. The number of rotatable bonds is 5. The molecule has 0 bridgehead atoms. The quantitative estimate of drug-likeness (QED) is 0.903. The molecule has 0 heterocycles. The maximum absolute atomic E-state index is 13.6. The molecule has 0 aliphatic rings. The summed E-state index contributed by atoms with van der Waals surface area (Å²) in [4.78, 5) is 1.91. The Morgan fingerprint density at radius 2 is 2.00 bits per heavy atom. The maximum atomic E-state index is 13.6. The van der Waals surface area contributed by atoms with Crippen molar-refractivity contribution in [2.24, 2.45) is 0 Å². The largest absolute Gasteiger partial charge is 0.387 e. The molecule has 0 saturated carbocycles. The summed E-state index contributed by atoms with van der Waals surface area (Å²) >= 11 is 0. The molecule has 1 aromatic rings. The van der Waals surface area contributed by atoms with Crippen LogP contribution in [0.3, 0.4) is 0 Å². The molecule has 0 aromatic heterocycles. The minimum atomic E-state index is -1.06. The van der Waals surface area contributed by atoms with Crippen LogP contribution in [0.1, 0.15) is 38.9 Å². The second kappa shape index (κ2) is 6.78. The van der Waals surface area contributed by atoms with Crippen molar-refractivity contribution >= 4 is 0 Å². The van der Waals surface area contributed by atoms with Crippen LogP contribution >= 0.6 is 0 Å². The summed E-state index contributed by atoms with van der Waals surface area (Å²) < 4.78 is 26.5. The van der Waals surface area contributed by atoms with E-state index in [1.54, 1.807) is 0 Å². The zero-order valence-corrected chi connectivity index (χ0v) is 12.0. The second-order valence-corrected chi connectivity index (χ2v) is 5.71. The van der Waals surface area contributed by atoms with E-state index in [-0.39, 0.29) is 17.6 Å². The Labute approximate surface area is 118 Å². The van der Waals surface area contributed by atoms with Crippen LogP contribution < -0.4 is 0 Å². The van der Waals surface area contributed by atoms with Crippen LogP contribution in [0.25, 0.3) is 0 Å². The van der Waals surface area contributed by atoms with Gasteiger partial charge in [0.1, 0.15) is 11.6 Å². The van der Waals surface area contributed by atoms with Gasteiger partial charge in [-0.2, -0.15) is 5.26 Å². The van der Waals surface area contributed by atoms with Crippen molar-refractivity contribution < 1.29 is 13.9 Å². The highest BCUT2D eigenvalue weighted by atomic mass is 19.1. The Bertz CT molecular complexity index is 492. The zero-order valence-electron chi connectivity index (χ0n) is 12.0. The van der Waals surface area contributed by atoms with Crippen LogP contribution in [0.4, 0.5) is 8.78 Å². The Morgan fingerprint density at radius 3 is 2.50 bits per heavy atom. The van der Waals surface area contributed by atoms with Crippen molar-refractivity contribution in [1.29, 1.82) is 5.26 Å². The van der Waals surface area contributed by atoms with Crippen molar-refractivity contribution in [3.8, 4) is 6.07 Å². The van der Waals surface area contributed by atoms with Gasteiger partial charge >= 0.3 is 0 Å². The van der Waals surface area contributed by atoms with Gasteiger partial charge < -0.3 is 5.11 Å². The molecule has 0 amide bonds. The molecular weight excluding hydrogens is 262 g/mol. The average Bonchev–Trinajstić information content (AvgIpc) is 2.32. The first-order valence-electron chi connectivity index (χ1n) is 6.50. The van der Waals surface area contributed by atoms with Gasteiger partial charge in [0.25, 0.3) is 0 Å². The van der Waals surface area contributed by atoms with E-state index in [2.05, 4.69) is 6.07 Å². The van der Waals surface area contributed by atoms with E-state index in [4.69, 9.17) is 5.26 Å². The third kappa shape index (κ3) is 4.55. The molecule has 1 aromatic carbocycles. The lowest BCUT2D eigenvalue weighted by Gasteiger charge is -2.36. The first-order valence-corrected chi connectivity index (χ1v) is 6.50. The van der Waals surface area contributed by atoms with Gasteiger partial charge in [0.2, 0.25) is 0 Å². The summed E-state index contributed by atoms with van der Waals surface area (Å²) in [7, 11) is 0. The van der Waals surface area contributed by atoms with E-state index in [9.17, 15) is 13.9 Å². The Balaban J connectivity index is 2.85. The molecular formula is C15H20F2N2O. The number of benzene rings is 1. The average molecular weight is 282 g/mol. The van der Waals surface area contributed by atoms with Gasteiger partial charge in [0.15, 0.2) is 0 Å². The van der Waals surface area contributed by atoms with Gasteiger partial charge in [-0.1, -0.05) is 6.07 Å². The lowest BCUT2D eigenvalue weighted by atomic mass is 10.0. The first kappa shape index (κ1) is 16.5. The summed E-state index contributed by atoms with van der Waals surface area (Å²) in [5.74, 6) is -1.43. The highest BCUT2D eigenvalue weighted by Crippen LogP contribution is 2.23. The van der Waals surface area contributed by atoms with Crippen molar-refractivity contribution in [2.75, 3.05) is 13.1 Å². The van der Waals surface area contributed by atoms with E-state index >= 15 is 0 Å². The van der Waals surface area contributed by atoms with Crippen LogP contribution in [0.15, 0.2) is 18.2 Å². The summed E-state index contributed by atoms with van der Waals surface area (Å²) in [5, 5.41) is 18.8. The SMILES string of the molecule is CC(C)(C)N(CCC#N)C[C@@H](O)c1ccc(F)cc1F. The molecule has 1 atom stereocenters. The number of nitriles is 1. The minimum Gasteiger partial charge on any atom is -0.387 e. The van der Waals surface area contributed by atoms with E-state index < -0.39 is 17.7 Å². The third-order valence-corrected chi connectivity index (χ3v) is 3.16. The molecule has 0 aliphatic heterocycles. The fourth-order valence-electron chi connectivity index (χ4n) is 1.96. The van der Waals surface area contributed by atoms with E-state index in [0.717, 1.165) is 12.1 Å². The molecule has 0 aliphatic carbocycles. The fraction of sp³-hybridized carbons (Fsp3) is 0.533. The van der Waals surface area contributed by atoms with Gasteiger partial charge in [-0.3, -0.25) is 4.90 Å². The van der Waals surface area contributed by atoms with E-state index in [1.807, 2.05) is 25.7 Å². The Morgan fingerprint density at radius 1 is 1.35 bits per heavy atom. The van der Waals surface area contributed by atoms with Crippen LogP contribution in [-0.4, -0.2) is 28.6 Å². The predicted molar refractivity (Wildman–Crippen MR) is 72.9 cm³/mol. The molecule has 0 unspecified atom stereocenters. The smallest absolute Gasteiger partial charge is 0.131 e. The van der Waals surface area contributed by atoms with Gasteiger partial charge in [0.05, 0.1) is 12.2 Å². The van der Waals surface area contributed by atoms with E-state index in [1.165, 1.54) is 6.07 Å². The van der Waals surface area contributed by atoms with Gasteiger partial charge in [-0.15, -0.1) is 0 Å². The summed E-state index contributed by atoms with van der Waals surface area (Å²) in [6.45, 7) is 6.54. The van der Waals surface area contributed by atoms with Crippen molar-refractivity contribution in [3.05, 3.63) is 35.4 Å². The molecule has 0 fully saturated rings. The minimum absolute atomic E-state index is 0.0672. The molecule has 5 heteroatoms. The maximum Gasteiger partial charge on any atom is 0.131 e. The lowest BCUT2D eigenvalue weighted by Crippen LogP contribution is -2.44. The molecule has 110 valence electrons. The normalized spacial score (nSPS) is 13.3. The summed E-state index contributed by atoms with van der Waals surface area (Å²) in [6.07, 6.45) is -0.732. The Hall–Kier alpha value is -1.51. The lowest BCUT2D eigenvalue weighted by molar-refractivity contribution is 0.0581. The van der Waals surface area contributed by atoms with Crippen molar-refractivity contribution in [1.82, 2.24) is 4.90 Å². The number of aliphatic hydroxyl groups is 1. The number of aliphatic hydroxyl groups excluding tert-OH is 1. The van der Waals surface area contributed by atoms with Gasteiger partial charge in [-0.25, -0.2) is 8.78 Å². The fourth-order valence-corrected chi connectivity index (χ4v) is 1.96. The van der Waals surface area contributed by atoms with Crippen LogP contribution in [0.5, 0.6) is 0 Å². The van der Waals surface area contributed by atoms with Crippen molar-refractivity contribution in [2.45, 2.75) is 38.8 Å². The number of β-amino-alcohol motifs (C(OH)–C–C–N with tert-alkyl or cyclic N) is 1. The number of halogens is 2. The molecule has 3 nitrogen and oxygen atoms in total. The second-order valence-electron chi connectivity index (χ2n) is 5.71. The highest BCUT2D eigenvalue weighted by Gasteiger charge is 2.25. The predicted octanol–water partition coefficient (Wildman–Crippen LogP) is 3.01. The molecule has 20 heavy (non-hydrogen) atoms. The molecule has 0 saturated heterocycles.